The van der Waals surface area contributed by atoms with E-state index in [9.17, 15) is 4.79 Å². The molecule has 0 aliphatic carbocycles. The topological polar surface area (TPSA) is 57.8 Å². The molecule has 0 aliphatic heterocycles. The summed E-state index contributed by atoms with van der Waals surface area (Å²) < 4.78 is 0. The predicted octanol–water partition coefficient (Wildman–Crippen LogP) is 3.05. The highest BCUT2D eigenvalue weighted by Gasteiger charge is 2.09. The van der Waals surface area contributed by atoms with Gasteiger partial charge in [-0.3, -0.25) is 4.79 Å². The van der Waals surface area contributed by atoms with Gasteiger partial charge >= 0.3 is 0 Å². The molecule has 0 saturated heterocycles. The van der Waals surface area contributed by atoms with Crippen LogP contribution in [0.4, 0.5) is 5.82 Å². The number of aromatic amines is 1. The molecule has 3 aromatic rings. The minimum Gasteiger partial charge on any atom is -0.361 e. The number of carbonyl (C=O) groups excluding carboxylic acids is 1. The van der Waals surface area contributed by atoms with E-state index in [-0.39, 0.29) is 5.91 Å². The van der Waals surface area contributed by atoms with Crippen molar-refractivity contribution in [2.45, 2.75) is 13.3 Å². The Kier molecular flexibility index (Phi) is 3.21. The molecule has 1 aromatic carbocycles. The zero-order chi connectivity index (χ0) is 13.9. The van der Waals surface area contributed by atoms with Crippen LogP contribution in [0.15, 0.2) is 48.8 Å². The summed E-state index contributed by atoms with van der Waals surface area (Å²) in [6.07, 6.45) is 3.88. The molecule has 1 amide bonds. The maximum Gasteiger partial charge on any atom is 0.230 e. The zero-order valence-corrected chi connectivity index (χ0v) is 11.2. The molecule has 20 heavy (non-hydrogen) atoms. The van der Waals surface area contributed by atoms with Gasteiger partial charge < -0.3 is 10.3 Å². The number of anilines is 1. The number of amides is 1. The summed E-state index contributed by atoms with van der Waals surface area (Å²) in [5.41, 5.74) is 3.23. The zero-order valence-electron chi connectivity index (χ0n) is 11.2. The van der Waals surface area contributed by atoms with Gasteiger partial charge in [0.15, 0.2) is 0 Å². The lowest BCUT2D eigenvalue weighted by molar-refractivity contribution is -0.115. The number of hydrogen-bond donors (Lipinski definition) is 2. The number of nitrogens with one attached hydrogen (secondary N) is 2. The molecule has 100 valence electrons. The second-order valence-electron chi connectivity index (χ2n) is 4.80. The van der Waals surface area contributed by atoms with Crippen LogP contribution in [0.1, 0.15) is 11.1 Å². The van der Waals surface area contributed by atoms with E-state index in [1.165, 1.54) is 5.56 Å². The molecule has 2 aromatic heterocycles. The molecule has 0 bridgehead atoms. The molecular formula is C16H15N3O. The molecule has 0 radical (unpaired) electrons. The Morgan fingerprint density at radius 3 is 3.00 bits per heavy atom. The summed E-state index contributed by atoms with van der Waals surface area (Å²) in [6, 6.07) is 11.6. The van der Waals surface area contributed by atoms with Gasteiger partial charge in [-0.2, -0.15) is 0 Å². The molecule has 0 spiro atoms. The second kappa shape index (κ2) is 5.17. The third-order valence-corrected chi connectivity index (χ3v) is 3.21. The lowest BCUT2D eigenvalue weighted by atomic mass is 10.1. The van der Waals surface area contributed by atoms with Crippen molar-refractivity contribution in [3.63, 3.8) is 0 Å². The van der Waals surface area contributed by atoms with Gasteiger partial charge in [-0.25, -0.2) is 4.98 Å². The fourth-order valence-electron chi connectivity index (χ4n) is 2.24. The lowest BCUT2D eigenvalue weighted by Crippen LogP contribution is -2.14. The van der Waals surface area contributed by atoms with Gasteiger partial charge in [0.2, 0.25) is 5.91 Å². The van der Waals surface area contributed by atoms with Crippen molar-refractivity contribution in [1.29, 1.82) is 0 Å². The average molecular weight is 265 g/mol. The maximum atomic E-state index is 12.0. The van der Waals surface area contributed by atoms with E-state index in [0.29, 0.717) is 12.2 Å². The summed E-state index contributed by atoms with van der Waals surface area (Å²) in [7, 11) is 0. The number of aromatic nitrogens is 2. The molecule has 3 rings (SSSR count). The number of fused-ring (bicyclic) bond motifs is 1. The highest BCUT2D eigenvalue weighted by Crippen LogP contribution is 2.20. The second-order valence-corrected chi connectivity index (χ2v) is 4.80. The number of nitrogens with zero attached hydrogens (tertiary/aromatic N) is 1. The Labute approximate surface area is 116 Å². The summed E-state index contributed by atoms with van der Waals surface area (Å²) in [5, 5.41) is 3.89. The monoisotopic (exact) mass is 265 g/mol. The first-order chi connectivity index (χ1) is 9.72. The van der Waals surface area contributed by atoms with Crippen molar-refractivity contribution in [1.82, 2.24) is 9.97 Å². The van der Waals surface area contributed by atoms with E-state index < -0.39 is 0 Å². The Bertz CT molecular complexity index is 747. The fourth-order valence-corrected chi connectivity index (χ4v) is 2.24. The van der Waals surface area contributed by atoms with E-state index in [1.54, 1.807) is 12.3 Å². The molecule has 2 heterocycles. The highest BCUT2D eigenvalue weighted by atomic mass is 16.1. The standard InChI is InChI=1S/C16H15N3O/c1-11-5-6-14-13(8-11)12(10-18-14)9-16(20)19-15-4-2-3-7-17-15/h2-8,10,18H,9H2,1H3,(H,17,19,20). The molecular weight excluding hydrogens is 250 g/mol. The van der Waals surface area contributed by atoms with Crippen molar-refractivity contribution < 1.29 is 4.79 Å². The van der Waals surface area contributed by atoms with Crippen LogP contribution >= 0.6 is 0 Å². The molecule has 4 heteroatoms. The van der Waals surface area contributed by atoms with Crippen LogP contribution in [0.25, 0.3) is 10.9 Å². The van der Waals surface area contributed by atoms with Crippen molar-refractivity contribution in [3.05, 3.63) is 59.9 Å². The van der Waals surface area contributed by atoms with Crippen LogP contribution in [-0.2, 0) is 11.2 Å². The van der Waals surface area contributed by atoms with Gasteiger partial charge in [0.25, 0.3) is 0 Å². The Morgan fingerprint density at radius 1 is 1.30 bits per heavy atom. The summed E-state index contributed by atoms with van der Waals surface area (Å²) in [5.74, 6) is 0.514. The van der Waals surface area contributed by atoms with Crippen LogP contribution in [0.5, 0.6) is 0 Å². The first-order valence-electron chi connectivity index (χ1n) is 6.50. The minimum atomic E-state index is -0.0638. The van der Waals surface area contributed by atoms with Crippen LogP contribution in [-0.4, -0.2) is 15.9 Å². The third-order valence-electron chi connectivity index (χ3n) is 3.21. The maximum absolute atomic E-state index is 12.0. The van der Waals surface area contributed by atoms with Crippen LogP contribution in [0.3, 0.4) is 0 Å². The van der Waals surface area contributed by atoms with Crippen molar-refractivity contribution in [2.75, 3.05) is 5.32 Å². The van der Waals surface area contributed by atoms with Crippen molar-refractivity contribution in [3.8, 4) is 0 Å². The number of benzene rings is 1. The van der Waals surface area contributed by atoms with Crippen molar-refractivity contribution >= 4 is 22.6 Å². The molecule has 4 nitrogen and oxygen atoms in total. The summed E-state index contributed by atoms with van der Waals surface area (Å²) in [4.78, 5) is 19.3. The molecule has 0 saturated carbocycles. The van der Waals surface area contributed by atoms with E-state index in [1.807, 2.05) is 31.3 Å². The van der Waals surface area contributed by atoms with Gasteiger partial charge in [-0.15, -0.1) is 0 Å². The number of H-pyrrole nitrogens is 1. The molecule has 2 N–H and O–H groups in total. The molecule has 0 atom stereocenters. The van der Waals surface area contributed by atoms with Crippen LogP contribution in [0.2, 0.25) is 0 Å². The first-order valence-corrected chi connectivity index (χ1v) is 6.50. The highest BCUT2D eigenvalue weighted by molar-refractivity contribution is 5.95. The summed E-state index contributed by atoms with van der Waals surface area (Å²) in [6.45, 7) is 2.05. The Hall–Kier alpha value is -2.62. The molecule has 0 fully saturated rings. The number of hydrogen-bond acceptors (Lipinski definition) is 2. The first kappa shape index (κ1) is 12.4. The van der Waals surface area contributed by atoms with Gasteiger partial charge in [0, 0.05) is 23.3 Å². The SMILES string of the molecule is Cc1ccc2[nH]cc(CC(=O)Nc3ccccn3)c2c1. The minimum absolute atomic E-state index is 0.0638. The normalized spacial score (nSPS) is 10.7. The van der Waals surface area contributed by atoms with Gasteiger partial charge in [0.05, 0.1) is 6.42 Å². The van der Waals surface area contributed by atoms with Gasteiger partial charge in [-0.1, -0.05) is 17.7 Å². The smallest absolute Gasteiger partial charge is 0.230 e. The Morgan fingerprint density at radius 2 is 2.20 bits per heavy atom. The van der Waals surface area contributed by atoms with Crippen LogP contribution < -0.4 is 5.32 Å². The van der Waals surface area contributed by atoms with E-state index in [0.717, 1.165) is 16.5 Å². The Balaban J connectivity index is 1.79. The lowest BCUT2D eigenvalue weighted by Gasteiger charge is -2.03. The number of rotatable bonds is 3. The number of aryl methyl sites for hydroxylation is 1. The quantitative estimate of drug-likeness (QED) is 0.764. The average Bonchev–Trinajstić information content (AvgIpc) is 2.82. The van der Waals surface area contributed by atoms with Gasteiger partial charge in [0.1, 0.15) is 5.82 Å². The van der Waals surface area contributed by atoms with Crippen LogP contribution in [0, 0.1) is 6.92 Å². The van der Waals surface area contributed by atoms with Gasteiger partial charge in [-0.05, 0) is 36.8 Å². The molecule has 0 aliphatic rings. The van der Waals surface area contributed by atoms with Crippen molar-refractivity contribution in [2.24, 2.45) is 0 Å². The summed E-state index contributed by atoms with van der Waals surface area (Å²) >= 11 is 0. The van der Waals surface area contributed by atoms with E-state index in [2.05, 4.69) is 27.4 Å². The third kappa shape index (κ3) is 2.54. The van der Waals surface area contributed by atoms with E-state index in [4.69, 9.17) is 0 Å². The largest absolute Gasteiger partial charge is 0.361 e. The molecule has 0 unspecified atom stereocenters. The van der Waals surface area contributed by atoms with E-state index >= 15 is 0 Å². The number of carbonyl (C=O) groups is 1. The number of pyridine rings is 1. The fraction of sp³-hybridized carbons (Fsp3) is 0.125. The predicted molar refractivity (Wildman–Crippen MR) is 79.6 cm³/mol.